The second-order valence-electron chi connectivity index (χ2n) is 9.25. The average Bonchev–Trinajstić information content (AvgIpc) is 3.37. The third-order valence-electron chi connectivity index (χ3n) is 6.60. The highest BCUT2D eigenvalue weighted by molar-refractivity contribution is 5.99. The maximum atomic E-state index is 13.2. The minimum Gasteiger partial charge on any atom is -0.366 e. The Balaban J connectivity index is 1.37. The fourth-order valence-corrected chi connectivity index (χ4v) is 4.48. The van der Waals surface area contributed by atoms with E-state index in [1.807, 2.05) is 30.3 Å². The number of fused-ring (bicyclic) bond motifs is 1. The number of carbonyl (C=O) groups excluding carboxylic acids is 2. The van der Waals surface area contributed by atoms with Gasteiger partial charge in [-0.3, -0.25) is 4.79 Å². The van der Waals surface area contributed by atoms with E-state index in [-0.39, 0.29) is 5.69 Å². The second kappa shape index (κ2) is 8.63. The highest BCUT2D eigenvalue weighted by Crippen LogP contribution is 2.36. The molecule has 11 nitrogen and oxygen atoms in total. The zero-order valence-electron chi connectivity index (χ0n) is 20.0. The summed E-state index contributed by atoms with van der Waals surface area (Å²) in [4.78, 5) is 37.0. The van der Waals surface area contributed by atoms with Gasteiger partial charge < -0.3 is 15.6 Å². The first kappa shape index (κ1) is 22.5. The lowest BCUT2D eigenvalue weighted by atomic mass is 10.1. The predicted molar refractivity (Wildman–Crippen MR) is 138 cm³/mol. The number of aryl methyl sites for hydroxylation is 1. The third kappa shape index (κ3) is 4.10. The van der Waals surface area contributed by atoms with Crippen LogP contribution in [-0.4, -0.2) is 40.6 Å². The topological polar surface area (TPSA) is 135 Å². The largest absolute Gasteiger partial charge is 0.366 e. The normalized spacial score (nSPS) is 13.2. The SMILES string of the molecule is Cn1ncn(-c2ccc(-c3cc4cnn(C(=O)Nc5cccc(C(N)=O)c5)c4n3CC3CC3)cc2)c1=O. The number of amides is 2. The van der Waals surface area contributed by atoms with Crippen molar-refractivity contribution in [3.8, 4) is 16.9 Å². The first-order valence-corrected chi connectivity index (χ1v) is 11.9. The number of hydrogen-bond acceptors (Lipinski definition) is 5. The molecule has 0 saturated heterocycles. The lowest BCUT2D eigenvalue weighted by molar-refractivity contribution is 0.1000. The van der Waals surface area contributed by atoms with Crippen LogP contribution in [0.4, 0.5) is 10.5 Å². The van der Waals surface area contributed by atoms with E-state index in [0.29, 0.717) is 22.8 Å². The Hall–Kier alpha value is -4.93. The van der Waals surface area contributed by atoms with Crippen molar-refractivity contribution in [3.05, 3.63) is 83.2 Å². The summed E-state index contributed by atoms with van der Waals surface area (Å²) in [5, 5.41) is 12.0. The number of hydrogen-bond donors (Lipinski definition) is 2. The highest BCUT2D eigenvalue weighted by Gasteiger charge is 2.26. The van der Waals surface area contributed by atoms with E-state index in [0.717, 1.165) is 41.7 Å². The Kier molecular flexibility index (Phi) is 5.25. The number of nitrogens with two attached hydrogens (primary N) is 1. The Morgan fingerprint density at radius 1 is 1.08 bits per heavy atom. The van der Waals surface area contributed by atoms with Crippen molar-refractivity contribution >= 4 is 28.7 Å². The van der Waals surface area contributed by atoms with Crippen molar-refractivity contribution in [2.45, 2.75) is 19.4 Å². The van der Waals surface area contributed by atoms with E-state index < -0.39 is 11.9 Å². The van der Waals surface area contributed by atoms with Gasteiger partial charge in [-0.1, -0.05) is 18.2 Å². The fraction of sp³-hybridized carbons (Fsp3) is 0.192. The predicted octanol–water partition coefficient (Wildman–Crippen LogP) is 2.98. The number of rotatable bonds is 6. The van der Waals surface area contributed by atoms with Gasteiger partial charge >= 0.3 is 11.7 Å². The van der Waals surface area contributed by atoms with Crippen LogP contribution < -0.4 is 16.7 Å². The average molecular weight is 497 g/mol. The van der Waals surface area contributed by atoms with Crippen LogP contribution in [0.15, 0.2) is 71.9 Å². The second-order valence-corrected chi connectivity index (χ2v) is 9.25. The molecule has 1 saturated carbocycles. The maximum Gasteiger partial charge on any atom is 0.350 e. The van der Waals surface area contributed by atoms with Gasteiger partial charge in [-0.05, 0) is 60.7 Å². The summed E-state index contributed by atoms with van der Waals surface area (Å²) in [5.74, 6) is -0.0267. The molecule has 0 bridgehead atoms. The molecule has 6 rings (SSSR count). The van der Waals surface area contributed by atoms with E-state index in [4.69, 9.17) is 5.73 Å². The molecule has 3 heterocycles. The molecule has 0 unspecified atom stereocenters. The van der Waals surface area contributed by atoms with Gasteiger partial charge in [-0.2, -0.15) is 14.9 Å². The van der Waals surface area contributed by atoms with Gasteiger partial charge in [0.2, 0.25) is 5.91 Å². The van der Waals surface area contributed by atoms with Crippen LogP contribution in [0.3, 0.4) is 0 Å². The molecule has 1 aliphatic rings. The van der Waals surface area contributed by atoms with Gasteiger partial charge in [-0.25, -0.2) is 18.8 Å². The summed E-state index contributed by atoms with van der Waals surface area (Å²) >= 11 is 0. The van der Waals surface area contributed by atoms with Gasteiger partial charge in [0, 0.05) is 30.2 Å². The highest BCUT2D eigenvalue weighted by atomic mass is 16.2. The number of aromatic nitrogens is 6. The quantitative estimate of drug-likeness (QED) is 0.373. The van der Waals surface area contributed by atoms with Gasteiger partial charge in [0.25, 0.3) is 0 Å². The molecule has 0 spiro atoms. The molecular formula is C26H24N8O3. The molecule has 11 heteroatoms. The van der Waals surface area contributed by atoms with Crippen LogP contribution in [0, 0.1) is 5.92 Å². The van der Waals surface area contributed by atoms with Crippen molar-refractivity contribution in [2.75, 3.05) is 5.32 Å². The van der Waals surface area contributed by atoms with Crippen LogP contribution in [0.2, 0.25) is 0 Å². The van der Waals surface area contributed by atoms with Crippen molar-refractivity contribution in [1.29, 1.82) is 0 Å². The van der Waals surface area contributed by atoms with E-state index in [1.54, 1.807) is 31.4 Å². The summed E-state index contributed by atoms with van der Waals surface area (Å²) in [6.45, 7) is 0.763. The molecule has 3 aromatic heterocycles. The Morgan fingerprint density at radius 3 is 2.54 bits per heavy atom. The molecule has 0 atom stereocenters. The maximum absolute atomic E-state index is 13.2. The summed E-state index contributed by atoms with van der Waals surface area (Å²) in [6, 6.07) is 15.7. The Morgan fingerprint density at radius 2 is 1.86 bits per heavy atom. The molecule has 2 amide bonds. The molecule has 2 aromatic carbocycles. The molecule has 1 fully saturated rings. The minimum atomic E-state index is -0.569. The van der Waals surface area contributed by atoms with Crippen molar-refractivity contribution in [2.24, 2.45) is 18.7 Å². The monoisotopic (exact) mass is 496 g/mol. The number of primary amides is 1. The summed E-state index contributed by atoms with van der Waals surface area (Å²) in [6.07, 6.45) is 5.45. The molecule has 0 aliphatic heterocycles. The van der Waals surface area contributed by atoms with Gasteiger partial charge in [0.15, 0.2) is 0 Å². The van der Waals surface area contributed by atoms with Gasteiger partial charge in [0.05, 0.1) is 17.6 Å². The van der Waals surface area contributed by atoms with Gasteiger partial charge in [0.1, 0.15) is 12.0 Å². The van der Waals surface area contributed by atoms with E-state index in [2.05, 4.69) is 20.1 Å². The number of benzene rings is 2. The molecule has 3 N–H and O–H groups in total. The number of anilines is 1. The summed E-state index contributed by atoms with van der Waals surface area (Å²) < 4.78 is 6.24. The summed E-state index contributed by atoms with van der Waals surface area (Å²) in [7, 11) is 1.61. The lowest BCUT2D eigenvalue weighted by Gasteiger charge is -2.13. The molecule has 5 aromatic rings. The first-order chi connectivity index (χ1) is 17.9. The van der Waals surface area contributed by atoms with Crippen molar-refractivity contribution in [1.82, 2.24) is 28.7 Å². The van der Waals surface area contributed by atoms with Crippen LogP contribution in [0.25, 0.3) is 28.0 Å². The summed E-state index contributed by atoms with van der Waals surface area (Å²) in [5.41, 5.74) is 9.23. The van der Waals surface area contributed by atoms with E-state index in [9.17, 15) is 14.4 Å². The molecule has 37 heavy (non-hydrogen) atoms. The fourth-order valence-electron chi connectivity index (χ4n) is 4.48. The smallest absolute Gasteiger partial charge is 0.350 e. The molecule has 1 aliphatic carbocycles. The number of carbonyl (C=O) groups is 2. The van der Waals surface area contributed by atoms with Crippen molar-refractivity contribution < 1.29 is 9.59 Å². The van der Waals surface area contributed by atoms with Crippen LogP contribution in [-0.2, 0) is 13.6 Å². The first-order valence-electron chi connectivity index (χ1n) is 11.9. The van der Waals surface area contributed by atoms with Crippen LogP contribution >= 0.6 is 0 Å². The van der Waals surface area contributed by atoms with Crippen molar-refractivity contribution in [3.63, 3.8) is 0 Å². The Labute approximate surface area is 210 Å². The molecule has 0 radical (unpaired) electrons. The molecular weight excluding hydrogens is 472 g/mol. The standard InChI is InChI=1S/C26H24N8O3/c1-31-26(37)33(15-29-31)21-9-7-17(8-10-21)22-12-19-13-28-34(24(19)32(22)14-16-5-6-16)25(36)30-20-4-2-3-18(11-20)23(27)35/h2-4,7-13,15-16H,5-6,14H2,1H3,(H2,27,35)(H,30,36). The number of nitrogens with zero attached hydrogens (tertiary/aromatic N) is 6. The zero-order valence-corrected chi connectivity index (χ0v) is 20.0. The lowest BCUT2D eigenvalue weighted by Crippen LogP contribution is -2.22. The minimum absolute atomic E-state index is 0.219. The van der Waals surface area contributed by atoms with Gasteiger partial charge in [-0.15, -0.1) is 0 Å². The van der Waals surface area contributed by atoms with E-state index in [1.165, 1.54) is 26.3 Å². The zero-order chi connectivity index (χ0) is 25.7. The number of nitrogens with one attached hydrogen (secondary N) is 1. The van der Waals surface area contributed by atoms with Crippen LogP contribution in [0.1, 0.15) is 23.2 Å². The van der Waals surface area contributed by atoms with E-state index >= 15 is 0 Å². The van der Waals surface area contributed by atoms with Crippen LogP contribution in [0.5, 0.6) is 0 Å². The Bertz CT molecular complexity index is 1720. The third-order valence-corrected chi connectivity index (χ3v) is 6.60. The molecule has 186 valence electrons.